The first kappa shape index (κ1) is 16.6. The van der Waals surface area contributed by atoms with Gasteiger partial charge in [0.1, 0.15) is 5.82 Å². The fourth-order valence-corrected chi connectivity index (χ4v) is 3.49. The van der Waals surface area contributed by atoms with Gasteiger partial charge in [-0.05, 0) is 42.7 Å². The summed E-state index contributed by atoms with van der Waals surface area (Å²) in [6.07, 6.45) is 1.85. The molecule has 0 saturated heterocycles. The first-order chi connectivity index (χ1) is 11.5. The van der Waals surface area contributed by atoms with Crippen LogP contribution in [0.2, 0.25) is 0 Å². The number of benzene rings is 1. The minimum Gasteiger partial charge on any atom is -0.481 e. The van der Waals surface area contributed by atoms with Crippen LogP contribution < -0.4 is 0 Å². The highest BCUT2D eigenvalue weighted by atomic mass is 32.1. The fourth-order valence-electron chi connectivity index (χ4n) is 2.52. The van der Waals surface area contributed by atoms with Gasteiger partial charge in [0.15, 0.2) is 0 Å². The molecule has 24 heavy (non-hydrogen) atoms. The topological polar surface area (TPSA) is 57.6 Å². The smallest absolute Gasteiger partial charge is 0.308 e. The van der Waals surface area contributed by atoms with Crippen molar-refractivity contribution < 1.29 is 19.1 Å². The van der Waals surface area contributed by atoms with Gasteiger partial charge in [-0.15, -0.1) is 11.3 Å². The fraction of sp³-hybridized carbons (Fsp3) is 0.333. The zero-order valence-corrected chi connectivity index (χ0v) is 14.1. The molecular formula is C18H18FNO3S. The minimum absolute atomic E-state index is 0.121. The monoisotopic (exact) mass is 347 g/mol. The first-order valence-corrected chi connectivity index (χ1v) is 8.67. The van der Waals surface area contributed by atoms with Crippen molar-refractivity contribution in [2.75, 3.05) is 6.54 Å². The third-order valence-corrected chi connectivity index (χ3v) is 5.21. The predicted octanol–water partition coefficient (Wildman–Crippen LogP) is 3.88. The standard InChI is InChI=1S/C18H18FNO3S/c1-11(18(22)23)10-20(14-6-7-14)17(21)16-9-8-15(24-16)12-2-4-13(19)5-3-12/h2-5,8-9,11,14H,6-7,10H2,1H3,(H,22,23). The molecule has 1 amide bonds. The average molecular weight is 347 g/mol. The number of thiophene rings is 1. The highest BCUT2D eigenvalue weighted by Crippen LogP contribution is 2.33. The number of nitrogens with zero attached hydrogens (tertiary/aromatic N) is 1. The molecule has 1 unspecified atom stereocenters. The van der Waals surface area contributed by atoms with E-state index in [0.717, 1.165) is 23.3 Å². The predicted molar refractivity (Wildman–Crippen MR) is 90.6 cm³/mol. The van der Waals surface area contributed by atoms with Gasteiger partial charge in [0.2, 0.25) is 0 Å². The number of amides is 1. The maximum absolute atomic E-state index is 13.0. The molecule has 4 nitrogen and oxygen atoms in total. The Morgan fingerprint density at radius 1 is 1.25 bits per heavy atom. The summed E-state index contributed by atoms with van der Waals surface area (Å²) in [5.41, 5.74) is 0.859. The molecule has 1 aliphatic carbocycles. The Morgan fingerprint density at radius 2 is 1.92 bits per heavy atom. The van der Waals surface area contributed by atoms with Crippen molar-refractivity contribution in [3.8, 4) is 10.4 Å². The zero-order chi connectivity index (χ0) is 17.3. The molecule has 3 rings (SSSR count). The molecule has 0 bridgehead atoms. The van der Waals surface area contributed by atoms with Gasteiger partial charge in [-0.25, -0.2) is 4.39 Å². The molecule has 1 heterocycles. The molecule has 1 atom stereocenters. The average Bonchev–Trinajstić information content (AvgIpc) is 3.28. The number of carbonyl (C=O) groups excluding carboxylic acids is 1. The van der Waals surface area contributed by atoms with Crippen molar-refractivity contribution in [3.63, 3.8) is 0 Å². The summed E-state index contributed by atoms with van der Waals surface area (Å²) in [6, 6.07) is 9.89. The molecule has 126 valence electrons. The van der Waals surface area contributed by atoms with Crippen molar-refractivity contribution >= 4 is 23.2 Å². The molecule has 1 aliphatic rings. The van der Waals surface area contributed by atoms with Crippen LogP contribution in [0.4, 0.5) is 4.39 Å². The number of halogens is 1. The molecule has 6 heteroatoms. The Labute approximate surface area is 143 Å². The second-order valence-electron chi connectivity index (χ2n) is 6.10. The largest absolute Gasteiger partial charge is 0.481 e. The molecule has 0 aliphatic heterocycles. The second-order valence-corrected chi connectivity index (χ2v) is 7.18. The Morgan fingerprint density at radius 3 is 2.50 bits per heavy atom. The van der Waals surface area contributed by atoms with Crippen LogP contribution in [0.25, 0.3) is 10.4 Å². The van der Waals surface area contributed by atoms with E-state index in [0.29, 0.717) is 4.88 Å². The number of rotatable bonds is 6. The summed E-state index contributed by atoms with van der Waals surface area (Å²) in [5.74, 6) is -1.91. The number of hydrogen-bond donors (Lipinski definition) is 1. The lowest BCUT2D eigenvalue weighted by atomic mass is 10.1. The second kappa shape index (κ2) is 6.73. The number of carboxylic acid groups (broad SMARTS) is 1. The molecule has 0 radical (unpaired) electrons. The normalized spacial score (nSPS) is 15.1. The third kappa shape index (κ3) is 3.64. The van der Waals surface area contributed by atoms with Crippen LogP contribution in [0.3, 0.4) is 0 Å². The Hall–Kier alpha value is -2.21. The van der Waals surface area contributed by atoms with Gasteiger partial charge in [-0.3, -0.25) is 9.59 Å². The van der Waals surface area contributed by atoms with Gasteiger partial charge in [0.25, 0.3) is 5.91 Å². The number of aliphatic carboxylic acids is 1. The van der Waals surface area contributed by atoms with Crippen molar-refractivity contribution in [1.29, 1.82) is 0 Å². The van der Waals surface area contributed by atoms with E-state index in [4.69, 9.17) is 5.11 Å². The summed E-state index contributed by atoms with van der Waals surface area (Å²) < 4.78 is 13.0. The Balaban J connectivity index is 1.78. The lowest BCUT2D eigenvalue weighted by molar-refractivity contribution is -0.141. The van der Waals surface area contributed by atoms with E-state index in [2.05, 4.69) is 0 Å². The molecule has 1 aromatic heterocycles. The SMILES string of the molecule is CC(CN(C(=O)c1ccc(-c2ccc(F)cc2)s1)C1CC1)C(=O)O. The quantitative estimate of drug-likeness (QED) is 0.863. The van der Waals surface area contributed by atoms with Crippen LogP contribution in [0, 0.1) is 11.7 Å². The zero-order valence-electron chi connectivity index (χ0n) is 13.2. The Bertz CT molecular complexity index is 752. The number of hydrogen-bond acceptors (Lipinski definition) is 3. The Kier molecular flexibility index (Phi) is 4.66. The summed E-state index contributed by atoms with van der Waals surface area (Å²) in [6.45, 7) is 1.84. The van der Waals surface area contributed by atoms with Crippen molar-refractivity contribution in [3.05, 3.63) is 47.1 Å². The molecule has 2 aromatic rings. The lowest BCUT2D eigenvalue weighted by Crippen LogP contribution is -2.38. The van der Waals surface area contributed by atoms with Gasteiger partial charge < -0.3 is 10.0 Å². The van der Waals surface area contributed by atoms with Gasteiger partial charge >= 0.3 is 5.97 Å². The lowest BCUT2D eigenvalue weighted by Gasteiger charge is -2.23. The van der Waals surface area contributed by atoms with Gasteiger partial charge in [0.05, 0.1) is 10.8 Å². The van der Waals surface area contributed by atoms with Crippen LogP contribution in [0.15, 0.2) is 36.4 Å². The molecule has 1 aromatic carbocycles. The number of carboxylic acids is 1. The summed E-state index contributed by atoms with van der Waals surface area (Å²) in [5, 5.41) is 9.09. The van der Waals surface area contributed by atoms with E-state index in [-0.39, 0.29) is 24.3 Å². The molecule has 0 spiro atoms. The van der Waals surface area contributed by atoms with Gasteiger partial charge in [-0.2, -0.15) is 0 Å². The molecule has 1 saturated carbocycles. The summed E-state index contributed by atoms with van der Waals surface area (Å²) in [7, 11) is 0. The van der Waals surface area contributed by atoms with E-state index in [9.17, 15) is 14.0 Å². The minimum atomic E-state index is -0.897. The van der Waals surface area contributed by atoms with Gasteiger partial charge in [0, 0.05) is 17.5 Å². The van der Waals surface area contributed by atoms with Crippen LogP contribution in [-0.2, 0) is 4.79 Å². The van der Waals surface area contributed by atoms with Crippen LogP contribution in [0.5, 0.6) is 0 Å². The van der Waals surface area contributed by atoms with Crippen LogP contribution in [0.1, 0.15) is 29.4 Å². The van der Waals surface area contributed by atoms with E-state index < -0.39 is 11.9 Å². The maximum Gasteiger partial charge on any atom is 0.308 e. The van der Waals surface area contributed by atoms with E-state index in [1.807, 2.05) is 6.07 Å². The highest BCUT2D eigenvalue weighted by molar-refractivity contribution is 7.17. The van der Waals surface area contributed by atoms with Crippen molar-refractivity contribution in [2.24, 2.45) is 5.92 Å². The van der Waals surface area contributed by atoms with Crippen LogP contribution >= 0.6 is 11.3 Å². The molecule has 1 fully saturated rings. The first-order valence-electron chi connectivity index (χ1n) is 7.85. The summed E-state index contributed by atoms with van der Waals surface area (Å²) >= 11 is 1.35. The maximum atomic E-state index is 13.0. The van der Waals surface area contributed by atoms with E-state index >= 15 is 0 Å². The number of carbonyl (C=O) groups is 2. The van der Waals surface area contributed by atoms with Gasteiger partial charge in [-0.1, -0.05) is 19.1 Å². The van der Waals surface area contributed by atoms with E-state index in [1.165, 1.54) is 23.5 Å². The molecule has 1 N–H and O–H groups in total. The summed E-state index contributed by atoms with van der Waals surface area (Å²) in [4.78, 5) is 27.0. The van der Waals surface area contributed by atoms with E-state index in [1.54, 1.807) is 30.0 Å². The van der Waals surface area contributed by atoms with Crippen LogP contribution in [-0.4, -0.2) is 34.5 Å². The molecular weight excluding hydrogens is 329 g/mol. The third-order valence-electron chi connectivity index (χ3n) is 4.09. The van der Waals surface area contributed by atoms with Crippen molar-refractivity contribution in [2.45, 2.75) is 25.8 Å². The van der Waals surface area contributed by atoms with Crippen molar-refractivity contribution in [1.82, 2.24) is 4.90 Å². The highest BCUT2D eigenvalue weighted by Gasteiger charge is 2.35.